The second-order valence-electron chi connectivity index (χ2n) is 2.51. The van der Waals surface area contributed by atoms with E-state index in [1.165, 1.54) is 11.1 Å². The lowest BCUT2D eigenvalue weighted by molar-refractivity contribution is 0.268. The number of hydrogen-bond acceptors (Lipinski definition) is 1. The Hall–Kier alpha value is -0.720. The van der Waals surface area contributed by atoms with Crippen molar-refractivity contribution in [3.8, 4) is 0 Å². The summed E-state index contributed by atoms with van der Waals surface area (Å²) >= 11 is 0. The average Bonchev–Trinajstić information content (AvgIpc) is 2.05. The normalized spacial score (nSPS) is 17.4. The number of hydrogen-bond donors (Lipinski definition) is 0. The molecule has 1 heteroatoms. The van der Waals surface area contributed by atoms with E-state index in [1.54, 1.807) is 0 Å². The van der Waals surface area contributed by atoms with Crippen LogP contribution in [0, 0.1) is 0 Å². The molecule has 0 bridgehead atoms. The molecule has 0 unspecified atom stereocenters. The van der Waals surface area contributed by atoms with Crippen LogP contribution in [0.3, 0.4) is 0 Å². The zero-order valence-corrected chi connectivity index (χ0v) is 6.68. The first-order chi connectivity index (χ1) is 4.86. The van der Waals surface area contributed by atoms with Gasteiger partial charge in [-0.3, -0.25) is 0 Å². The minimum Gasteiger partial charge on any atom is -0.497 e. The van der Waals surface area contributed by atoms with Crippen LogP contribution in [0.25, 0.3) is 0 Å². The fourth-order valence-corrected chi connectivity index (χ4v) is 0.983. The summed E-state index contributed by atoms with van der Waals surface area (Å²) < 4.78 is 5.25. The summed E-state index contributed by atoms with van der Waals surface area (Å²) in [6.45, 7) is 5.10. The maximum Gasteiger partial charge on any atom is 0.109 e. The van der Waals surface area contributed by atoms with Gasteiger partial charge in [-0.2, -0.15) is 0 Å². The van der Waals surface area contributed by atoms with Crippen LogP contribution >= 0.6 is 0 Å². The molecule has 0 atom stereocenters. The van der Waals surface area contributed by atoms with Crippen LogP contribution in [0.15, 0.2) is 23.5 Å². The maximum atomic E-state index is 5.25. The Bertz CT molecular complexity index is 166. The Balaban J connectivity index is 2.61. The number of ether oxygens (including phenoxy) is 1. The summed E-state index contributed by atoms with van der Waals surface area (Å²) in [7, 11) is 0. The molecule has 0 amide bonds. The van der Waals surface area contributed by atoms with E-state index in [1.807, 2.05) is 6.26 Å². The van der Waals surface area contributed by atoms with Gasteiger partial charge in [-0.05, 0) is 24.0 Å². The summed E-state index contributed by atoms with van der Waals surface area (Å²) in [5.74, 6) is 0. The van der Waals surface area contributed by atoms with E-state index in [9.17, 15) is 0 Å². The highest BCUT2D eigenvalue weighted by atomic mass is 16.5. The van der Waals surface area contributed by atoms with Crippen LogP contribution in [0.1, 0.15) is 26.7 Å². The van der Waals surface area contributed by atoms with Crippen molar-refractivity contribution in [2.24, 2.45) is 0 Å². The molecule has 0 fully saturated rings. The molecule has 0 aliphatic carbocycles. The zero-order chi connectivity index (χ0) is 7.40. The molecule has 1 nitrogen and oxygen atoms in total. The fraction of sp³-hybridized carbons (Fsp3) is 0.556. The van der Waals surface area contributed by atoms with Gasteiger partial charge in [0, 0.05) is 0 Å². The van der Waals surface area contributed by atoms with Gasteiger partial charge >= 0.3 is 0 Å². The van der Waals surface area contributed by atoms with Crippen molar-refractivity contribution in [3.63, 3.8) is 0 Å². The van der Waals surface area contributed by atoms with Crippen LogP contribution in [-0.2, 0) is 4.74 Å². The lowest BCUT2D eigenvalue weighted by atomic mass is 10.1. The van der Waals surface area contributed by atoms with Crippen LogP contribution in [0.4, 0.5) is 0 Å². The first kappa shape index (κ1) is 7.39. The van der Waals surface area contributed by atoms with E-state index in [2.05, 4.69) is 19.9 Å². The molecule has 0 spiro atoms. The predicted molar refractivity (Wildman–Crippen MR) is 42.7 cm³/mol. The van der Waals surface area contributed by atoms with E-state index < -0.39 is 0 Å². The Morgan fingerprint density at radius 2 is 2.20 bits per heavy atom. The minimum atomic E-state index is 0.792. The third kappa shape index (κ3) is 1.63. The van der Waals surface area contributed by atoms with Crippen LogP contribution in [0.5, 0.6) is 0 Å². The molecule has 1 heterocycles. The maximum absolute atomic E-state index is 5.25. The van der Waals surface area contributed by atoms with Crippen molar-refractivity contribution < 1.29 is 4.74 Å². The molecule has 0 aromatic rings. The summed E-state index contributed by atoms with van der Waals surface area (Å²) in [5, 5.41) is 0. The highest BCUT2D eigenvalue weighted by Crippen LogP contribution is 2.14. The average molecular weight is 138 g/mol. The number of allylic oxidation sites excluding steroid dienone is 2. The summed E-state index contributed by atoms with van der Waals surface area (Å²) in [4.78, 5) is 0. The van der Waals surface area contributed by atoms with Gasteiger partial charge < -0.3 is 4.74 Å². The quantitative estimate of drug-likeness (QED) is 0.570. The van der Waals surface area contributed by atoms with Gasteiger partial charge in [-0.1, -0.05) is 19.9 Å². The van der Waals surface area contributed by atoms with Gasteiger partial charge in [0.2, 0.25) is 0 Å². The zero-order valence-electron chi connectivity index (χ0n) is 6.68. The Labute approximate surface area is 62.4 Å². The molecule has 0 saturated carbocycles. The molecule has 0 N–H and O–H groups in total. The topological polar surface area (TPSA) is 9.23 Å². The lowest BCUT2D eigenvalue weighted by Gasteiger charge is -2.11. The molecule has 0 radical (unpaired) electrons. The van der Waals surface area contributed by atoms with Crippen molar-refractivity contribution >= 4 is 0 Å². The highest BCUT2D eigenvalue weighted by molar-refractivity contribution is 5.24. The summed E-state index contributed by atoms with van der Waals surface area (Å²) in [6, 6.07) is 0. The molecule has 1 aliphatic heterocycles. The molecule has 0 aromatic heterocycles. The minimum absolute atomic E-state index is 0.792. The van der Waals surface area contributed by atoms with Crippen LogP contribution in [0.2, 0.25) is 0 Å². The van der Waals surface area contributed by atoms with Gasteiger partial charge in [-0.15, -0.1) is 0 Å². The molecular formula is C9H14O. The smallest absolute Gasteiger partial charge is 0.109 e. The number of rotatable bonds is 2. The molecule has 0 saturated heterocycles. The molecule has 1 rings (SSSR count). The van der Waals surface area contributed by atoms with E-state index in [0.29, 0.717) is 0 Å². The van der Waals surface area contributed by atoms with E-state index in [-0.39, 0.29) is 0 Å². The Kier molecular flexibility index (Phi) is 2.55. The van der Waals surface area contributed by atoms with E-state index in [4.69, 9.17) is 4.74 Å². The monoisotopic (exact) mass is 138 g/mol. The largest absolute Gasteiger partial charge is 0.497 e. The highest BCUT2D eigenvalue weighted by Gasteiger charge is 2.01. The predicted octanol–water partition coefficient (Wildman–Crippen LogP) is 2.65. The summed E-state index contributed by atoms with van der Waals surface area (Å²) in [6.07, 6.45) is 6.28. The van der Waals surface area contributed by atoms with E-state index in [0.717, 1.165) is 19.4 Å². The van der Waals surface area contributed by atoms with Crippen molar-refractivity contribution in [3.05, 3.63) is 23.5 Å². The van der Waals surface area contributed by atoms with Gasteiger partial charge in [-0.25, -0.2) is 0 Å². The molecule has 1 aliphatic rings. The SMILES string of the molecule is CCC1=COCC(CC)=C1. The first-order valence-electron chi connectivity index (χ1n) is 3.87. The first-order valence-corrected chi connectivity index (χ1v) is 3.87. The van der Waals surface area contributed by atoms with Gasteiger partial charge in [0.1, 0.15) is 6.61 Å². The molecular weight excluding hydrogens is 124 g/mol. The van der Waals surface area contributed by atoms with Crippen molar-refractivity contribution in [1.29, 1.82) is 0 Å². The standard InChI is InChI=1S/C9H14O/c1-3-8-5-9(4-2)7-10-6-8/h5-6H,3-4,7H2,1-2H3. The molecule has 10 heavy (non-hydrogen) atoms. The van der Waals surface area contributed by atoms with E-state index >= 15 is 0 Å². The molecule has 56 valence electrons. The fourth-order valence-electron chi connectivity index (χ4n) is 0.983. The Morgan fingerprint density at radius 3 is 2.80 bits per heavy atom. The van der Waals surface area contributed by atoms with Gasteiger partial charge in [0.25, 0.3) is 0 Å². The molecule has 0 aromatic carbocycles. The lowest BCUT2D eigenvalue weighted by Crippen LogP contribution is -1.99. The third-order valence-corrected chi connectivity index (χ3v) is 1.76. The Morgan fingerprint density at radius 1 is 1.40 bits per heavy atom. The summed E-state index contributed by atoms with van der Waals surface area (Å²) in [5.41, 5.74) is 2.71. The van der Waals surface area contributed by atoms with Crippen molar-refractivity contribution in [1.82, 2.24) is 0 Å². The van der Waals surface area contributed by atoms with Crippen molar-refractivity contribution in [2.75, 3.05) is 6.61 Å². The third-order valence-electron chi connectivity index (χ3n) is 1.76. The van der Waals surface area contributed by atoms with Crippen LogP contribution in [-0.4, -0.2) is 6.61 Å². The second-order valence-corrected chi connectivity index (χ2v) is 2.51. The van der Waals surface area contributed by atoms with Crippen molar-refractivity contribution in [2.45, 2.75) is 26.7 Å². The van der Waals surface area contributed by atoms with Gasteiger partial charge in [0.05, 0.1) is 6.26 Å². The van der Waals surface area contributed by atoms with Gasteiger partial charge in [0.15, 0.2) is 0 Å². The van der Waals surface area contributed by atoms with Crippen LogP contribution < -0.4 is 0 Å². The second kappa shape index (κ2) is 3.45.